The van der Waals surface area contributed by atoms with Gasteiger partial charge in [-0.25, -0.2) is 0 Å². The Bertz CT molecular complexity index is 2590. The number of rotatable bonds is 3. The van der Waals surface area contributed by atoms with E-state index in [1.165, 1.54) is 49.6 Å². The second kappa shape index (κ2) is 9.35. The Balaban J connectivity index is 1.25. The molecule has 3 heteroatoms. The average molecular weight is 577 g/mol. The maximum absolute atomic E-state index is 6.95. The van der Waals surface area contributed by atoms with Crippen molar-refractivity contribution in [3.8, 4) is 22.5 Å². The van der Waals surface area contributed by atoms with Gasteiger partial charge in [-0.3, -0.25) is 4.57 Å². The maximum atomic E-state index is 6.95. The highest BCUT2D eigenvalue weighted by Gasteiger charge is 2.24. The Morgan fingerprint density at radius 2 is 1.16 bits per heavy atom. The van der Waals surface area contributed by atoms with Crippen molar-refractivity contribution in [2.45, 2.75) is 12.8 Å². The van der Waals surface area contributed by atoms with E-state index in [0.717, 1.165) is 51.7 Å². The van der Waals surface area contributed by atoms with Crippen LogP contribution in [0.2, 0.25) is 0 Å². The molecule has 45 heavy (non-hydrogen) atoms. The molecule has 1 aliphatic rings. The van der Waals surface area contributed by atoms with Gasteiger partial charge in [-0.1, -0.05) is 109 Å². The lowest BCUT2D eigenvalue weighted by Gasteiger charge is -2.21. The van der Waals surface area contributed by atoms with Gasteiger partial charge in [-0.2, -0.15) is 0 Å². The first kappa shape index (κ1) is 24.6. The van der Waals surface area contributed by atoms with Crippen LogP contribution in [0.4, 0.5) is 0 Å². The van der Waals surface area contributed by atoms with Crippen LogP contribution in [0, 0.1) is 0 Å². The van der Waals surface area contributed by atoms with Crippen molar-refractivity contribution < 1.29 is 4.42 Å². The molecule has 212 valence electrons. The number of allylic oxidation sites excluding steroid dienone is 1. The summed E-state index contributed by atoms with van der Waals surface area (Å²) in [5.41, 5.74) is 12.8. The van der Waals surface area contributed by atoms with E-state index in [0.29, 0.717) is 0 Å². The molecule has 9 aromatic rings. The van der Waals surface area contributed by atoms with Crippen LogP contribution >= 0.6 is 0 Å². The number of aromatic nitrogens is 2. The van der Waals surface area contributed by atoms with Crippen molar-refractivity contribution in [2.24, 2.45) is 0 Å². The largest absolute Gasteiger partial charge is 0.438 e. The fourth-order valence-electron chi connectivity index (χ4n) is 7.72. The Kier molecular flexibility index (Phi) is 5.11. The van der Waals surface area contributed by atoms with E-state index in [4.69, 9.17) is 4.42 Å². The number of furan rings is 1. The van der Waals surface area contributed by atoms with Crippen molar-refractivity contribution >= 4 is 60.9 Å². The average Bonchev–Trinajstić information content (AvgIpc) is 3.75. The van der Waals surface area contributed by atoms with Crippen molar-refractivity contribution in [3.63, 3.8) is 0 Å². The van der Waals surface area contributed by atoms with Crippen LogP contribution in [0.3, 0.4) is 0 Å². The number of benzene rings is 6. The quantitative estimate of drug-likeness (QED) is 0.205. The first-order valence-corrected chi connectivity index (χ1v) is 15.7. The monoisotopic (exact) mass is 576 g/mol. The molecule has 3 aromatic heterocycles. The van der Waals surface area contributed by atoms with Gasteiger partial charge in [0.25, 0.3) is 0 Å². The van der Waals surface area contributed by atoms with Crippen LogP contribution < -0.4 is 0 Å². The lowest BCUT2D eigenvalue weighted by Crippen LogP contribution is -2.05. The minimum absolute atomic E-state index is 0.885. The SMILES string of the molecule is C1=Cc2c(-c3cccc4c3oc3c4c4ccccc4n3-c3ccccc3)ccc(-n3c4ccccc4c4ccccc43)c2CC1. The van der Waals surface area contributed by atoms with E-state index in [1.54, 1.807) is 0 Å². The Morgan fingerprint density at radius 1 is 0.511 bits per heavy atom. The number of fused-ring (bicyclic) bond motifs is 9. The summed E-state index contributed by atoms with van der Waals surface area (Å²) in [6.45, 7) is 0. The number of hydrogen-bond donors (Lipinski definition) is 0. The number of hydrogen-bond acceptors (Lipinski definition) is 1. The van der Waals surface area contributed by atoms with E-state index >= 15 is 0 Å². The van der Waals surface area contributed by atoms with Gasteiger partial charge >= 0.3 is 0 Å². The van der Waals surface area contributed by atoms with Gasteiger partial charge in [0.1, 0.15) is 5.58 Å². The molecule has 0 bridgehead atoms. The second-order valence-corrected chi connectivity index (χ2v) is 12.0. The second-order valence-electron chi connectivity index (χ2n) is 12.0. The molecule has 10 rings (SSSR count). The molecule has 0 spiro atoms. The molecule has 0 fully saturated rings. The molecule has 0 atom stereocenters. The molecule has 3 heterocycles. The van der Waals surface area contributed by atoms with Gasteiger partial charge in [0, 0.05) is 32.8 Å². The van der Waals surface area contributed by atoms with Crippen molar-refractivity contribution in [1.29, 1.82) is 0 Å². The van der Waals surface area contributed by atoms with Gasteiger partial charge < -0.3 is 8.98 Å². The van der Waals surface area contributed by atoms with E-state index in [1.807, 2.05) is 0 Å². The Morgan fingerprint density at radius 3 is 1.91 bits per heavy atom. The maximum Gasteiger partial charge on any atom is 0.213 e. The summed E-state index contributed by atoms with van der Waals surface area (Å²) in [5, 5.41) is 6.09. The smallest absolute Gasteiger partial charge is 0.213 e. The van der Waals surface area contributed by atoms with Crippen LogP contribution in [-0.2, 0) is 6.42 Å². The van der Waals surface area contributed by atoms with E-state index in [9.17, 15) is 0 Å². The first-order valence-electron chi connectivity index (χ1n) is 15.7. The minimum atomic E-state index is 0.885. The molecule has 0 radical (unpaired) electrons. The van der Waals surface area contributed by atoms with E-state index in [-0.39, 0.29) is 0 Å². The predicted molar refractivity (Wildman–Crippen MR) is 188 cm³/mol. The van der Waals surface area contributed by atoms with Crippen LogP contribution in [0.1, 0.15) is 17.5 Å². The third-order valence-electron chi connectivity index (χ3n) is 9.62. The normalized spacial score (nSPS) is 13.1. The van der Waals surface area contributed by atoms with Crippen molar-refractivity contribution in [3.05, 3.63) is 151 Å². The summed E-state index contributed by atoms with van der Waals surface area (Å²) < 4.78 is 11.7. The van der Waals surface area contributed by atoms with Crippen LogP contribution in [0.25, 0.3) is 83.4 Å². The van der Waals surface area contributed by atoms with Gasteiger partial charge in [0.2, 0.25) is 5.71 Å². The van der Waals surface area contributed by atoms with Gasteiger partial charge in [-0.05, 0) is 65.9 Å². The fraction of sp³-hybridized carbons (Fsp3) is 0.0476. The summed E-state index contributed by atoms with van der Waals surface area (Å²) in [6.07, 6.45) is 6.67. The summed E-state index contributed by atoms with van der Waals surface area (Å²) in [7, 11) is 0. The summed E-state index contributed by atoms with van der Waals surface area (Å²) in [6, 6.07) is 47.9. The van der Waals surface area contributed by atoms with Gasteiger partial charge in [0.05, 0.1) is 27.6 Å². The third kappa shape index (κ3) is 3.41. The third-order valence-corrected chi connectivity index (χ3v) is 9.62. The predicted octanol–water partition coefficient (Wildman–Crippen LogP) is 11.3. The van der Waals surface area contributed by atoms with Crippen molar-refractivity contribution in [2.75, 3.05) is 0 Å². The highest BCUT2D eigenvalue weighted by Crippen LogP contribution is 2.45. The van der Waals surface area contributed by atoms with E-state index in [2.05, 4.69) is 155 Å². The molecule has 6 aromatic carbocycles. The summed E-state index contributed by atoms with van der Waals surface area (Å²) >= 11 is 0. The van der Waals surface area contributed by atoms with Crippen LogP contribution in [-0.4, -0.2) is 9.13 Å². The van der Waals surface area contributed by atoms with Crippen molar-refractivity contribution in [1.82, 2.24) is 9.13 Å². The zero-order valence-corrected chi connectivity index (χ0v) is 24.6. The van der Waals surface area contributed by atoms with Gasteiger partial charge in [0.15, 0.2) is 0 Å². The lowest BCUT2D eigenvalue weighted by molar-refractivity contribution is 0.646. The topological polar surface area (TPSA) is 23.0 Å². The van der Waals surface area contributed by atoms with Crippen LogP contribution in [0.15, 0.2) is 144 Å². The molecule has 3 nitrogen and oxygen atoms in total. The summed E-state index contributed by atoms with van der Waals surface area (Å²) in [5.74, 6) is 0. The number of nitrogens with zero attached hydrogens (tertiary/aromatic N) is 2. The lowest BCUT2D eigenvalue weighted by atomic mass is 9.88. The van der Waals surface area contributed by atoms with Gasteiger partial charge in [-0.15, -0.1) is 0 Å². The molecule has 0 unspecified atom stereocenters. The fourth-order valence-corrected chi connectivity index (χ4v) is 7.72. The molecule has 0 saturated carbocycles. The molecule has 0 N–H and O–H groups in total. The molecular formula is C42H28N2O. The summed E-state index contributed by atoms with van der Waals surface area (Å²) in [4.78, 5) is 0. The molecular weight excluding hydrogens is 548 g/mol. The van der Waals surface area contributed by atoms with E-state index < -0.39 is 0 Å². The molecule has 1 aliphatic carbocycles. The molecule has 0 aliphatic heterocycles. The molecule has 0 saturated heterocycles. The Hall–Kier alpha value is -5.80. The first-order chi connectivity index (χ1) is 22.4. The standard InChI is InChI=1S/C42H28N2O/c1-2-13-27(14-3-1)43-38-24-11-8-19-34(38)40-35-21-12-20-33(41(35)45-42(40)43)29-25-26-39(30-16-5-4-15-28(29)30)44-36-22-9-6-17-31(36)32-18-7-10-23-37(32)44/h1-4,6-15,17-26H,5,16H2. The number of para-hydroxylation sites is 5. The zero-order valence-electron chi connectivity index (χ0n) is 24.6. The zero-order chi connectivity index (χ0) is 29.5. The van der Waals surface area contributed by atoms with Crippen LogP contribution in [0.5, 0.6) is 0 Å². The minimum Gasteiger partial charge on any atom is -0.438 e. The molecule has 0 amide bonds. The highest BCUT2D eigenvalue weighted by molar-refractivity contribution is 6.22. The Labute approximate surface area is 259 Å². The highest BCUT2D eigenvalue weighted by atomic mass is 16.3.